The van der Waals surface area contributed by atoms with E-state index in [1.165, 1.54) is 193 Å². The Morgan fingerprint density at radius 2 is 0.685 bits per heavy atom. The molecule has 0 rings (SSSR count). The highest BCUT2D eigenvalue weighted by Crippen LogP contribution is 2.14. The summed E-state index contributed by atoms with van der Waals surface area (Å²) < 4.78 is 2.25. The maximum absolute atomic E-state index is 10.0. The molecule has 0 saturated heterocycles. The smallest absolute Gasteiger partial charge is 0.0780 e. The Morgan fingerprint density at radius 1 is 0.463 bits per heavy atom. The molecule has 0 aromatic heterocycles. The minimum atomic E-state index is -1.18. The van der Waals surface area contributed by atoms with Gasteiger partial charge in [-0.15, -0.1) is 6.10 Å². The first kappa shape index (κ1) is 60.0. The Morgan fingerprint density at radius 3 is 0.870 bits per heavy atom. The lowest BCUT2D eigenvalue weighted by molar-refractivity contribution is -0.870. The van der Waals surface area contributed by atoms with Crippen LogP contribution in [0.3, 0.4) is 0 Å². The van der Waals surface area contributed by atoms with Gasteiger partial charge in [-0.3, -0.25) is 0 Å². The average Bonchev–Trinajstić information content (AvgIpc) is 3.08. The summed E-state index contributed by atoms with van der Waals surface area (Å²) in [4.78, 5) is 10.0. The van der Waals surface area contributed by atoms with Crippen molar-refractivity contribution in [3.05, 3.63) is 0 Å². The molecule has 0 fully saturated rings. The third-order valence-electron chi connectivity index (χ3n) is 9.64. The lowest BCUT2D eigenvalue weighted by Crippen LogP contribution is -2.41. The van der Waals surface area contributed by atoms with Crippen LogP contribution in [-0.2, 0) is 4.79 Å². The van der Waals surface area contributed by atoms with E-state index in [1.807, 2.05) is 0 Å². The molecule has 7 heteroatoms. The quantitative estimate of drug-likeness (QED) is 0.0492. The average molecular weight is 773 g/mol. The number of unbranched alkanes of at least 4 members (excludes halogenated alkanes) is 27. The van der Waals surface area contributed by atoms with Crippen molar-refractivity contribution < 1.29 is 24.0 Å². The third kappa shape index (κ3) is 72.5. The number of hydrogen-bond donors (Lipinski definition) is 2. The Kier molecular flexibility index (Phi) is 51.8. The minimum Gasteiger partial charge on any atom is -0.852 e. The number of nitrogens with two attached hydrogens (primary N) is 2. The van der Waals surface area contributed by atoms with Crippen molar-refractivity contribution in [2.75, 3.05) is 61.9 Å². The Hall–Kier alpha value is -0.730. The van der Waals surface area contributed by atoms with Crippen LogP contribution in [0.25, 0.3) is 0 Å². The Bertz CT molecular complexity index is 647. The normalized spacial score (nSPS) is 12.0. The highest BCUT2D eigenvalue weighted by molar-refractivity contribution is 5.70. The molecular formula is C47H104N4O3. The van der Waals surface area contributed by atoms with Gasteiger partial charge in [0.25, 0.3) is 0 Å². The van der Waals surface area contributed by atoms with Crippen molar-refractivity contribution >= 4 is 5.97 Å². The monoisotopic (exact) mass is 773 g/mol. The number of carbonyl (C=O) groups excluding carboxylic acids is 1. The molecule has 0 spiro atoms. The van der Waals surface area contributed by atoms with E-state index in [9.17, 15) is 15.0 Å². The van der Waals surface area contributed by atoms with Crippen LogP contribution in [0.4, 0.5) is 0 Å². The fourth-order valence-corrected chi connectivity index (χ4v) is 6.19. The van der Waals surface area contributed by atoms with E-state index in [-0.39, 0.29) is 0 Å². The molecule has 0 radical (unpaired) electrons. The SMILES string of the molecule is CC(C)[O-].CCCCCCCCCCCCCCCC[N+](C)(C)C.CCCCCCCCCCCCCCCC[N+](C)(C)C.NCCCC[C@H](N)C(=O)[O-]. The van der Waals surface area contributed by atoms with Crippen molar-refractivity contribution in [3.8, 4) is 0 Å². The molecule has 0 aromatic carbocycles. The van der Waals surface area contributed by atoms with E-state index in [0.29, 0.717) is 13.0 Å². The van der Waals surface area contributed by atoms with E-state index in [0.717, 1.165) is 21.8 Å². The van der Waals surface area contributed by atoms with E-state index in [4.69, 9.17) is 11.5 Å². The van der Waals surface area contributed by atoms with Crippen molar-refractivity contribution in [1.82, 2.24) is 0 Å². The second-order valence-corrected chi connectivity index (χ2v) is 18.5. The van der Waals surface area contributed by atoms with E-state index < -0.39 is 18.1 Å². The first-order valence-electron chi connectivity index (χ1n) is 23.5. The molecule has 330 valence electrons. The second kappa shape index (κ2) is 46.7. The van der Waals surface area contributed by atoms with Crippen LogP contribution in [0.5, 0.6) is 0 Å². The van der Waals surface area contributed by atoms with Crippen molar-refractivity contribution in [2.24, 2.45) is 11.5 Å². The topological polar surface area (TPSA) is 115 Å². The predicted molar refractivity (Wildman–Crippen MR) is 237 cm³/mol. The summed E-state index contributed by atoms with van der Waals surface area (Å²) in [7, 11) is 13.8. The van der Waals surface area contributed by atoms with Crippen molar-refractivity contribution in [3.63, 3.8) is 0 Å². The summed E-state index contributed by atoms with van der Waals surface area (Å²) in [5.74, 6) is -1.18. The fourth-order valence-electron chi connectivity index (χ4n) is 6.19. The molecule has 0 bridgehead atoms. The lowest BCUT2D eigenvalue weighted by atomic mass is 10.0. The Labute approximate surface area is 341 Å². The number of carboxylic acid groups (broad SMARTS) is 1. The van der Waals surface area contributed by atoms with Crippen LogP contribution in [0.2, 0.25) is 0 Å². The molecule has 0 aliphatic carbocycles. The fraction of sp³-hybridized carbons (Fsp3) is 0.979. The van der Waals surface area contributed by atoms with Gasteiger partial charge in [0.1, 0.15) is 0 Å². The van der Waals surface area contributed by atoms with Gasteiger partial charge < -0.3 is 35.4 Å². The lowest BCUT2D eigenvalue weighted by Gasteiger charge is -2.23. The van der Waals surface area contributed by atoms with Gasteiger partial charge in [-0.1, -0.05) is 188 Å². The maximum atomic E-state index is 10.0. The van der Waals surface area contributed by atoms with Crippen LogP contribution in [0, 0.1) is 0 Å². The zero-order valence-corrected chi connectivity index (χ0v) is 39.0. The molecule has 0 unspecified atom stereocenters. The number of nitrogens with zero attached hydrogens (tertiary/aromatic N) is 2. The van der Waals surface area contributed by atoms with Gasteiger partial charge in [-0.25, -0.2) is 0 Å². The summed E-state index contributed by atoms with van der Waals surface area (Å²) in [6.45, 7) is 11.1. The number of rotatable bonds is 35. The van der Waals surface area contributed by atoms with E-state index >= 15 is 0 Å². The zero-order valence-electron chi connectivity index (χ0n) is 39.0. The van der Waals surface area contributed by atoms with Crippen LogP contribution in [0.15, 0.2) is 0 Å². The summed E-state index contributed by atoms with van der Waals surface area (Å²) in [6.07, 6.45) is 42.4. The van der Waals surface area contributed by atoms with Crippen LogP contribution >= 0.6 is 0 Å². The number of aliphatic carboxylic acids is 1. The van der Waals surface area contributed by atoms with E-state index in [1.54, 1.807) is 13.8 Å². The highest BCUT2D eigenvalue weighted by Gasteiger charge is 2.06. The van der Waals surface area contributed by atoms with Crippen molar-refractivity contribution in [1.29, 1.82) is 0 Å². The molecule has 1 atom stereocenters. The predicted octanol–water partition coefficient (Wildman–Crippen LogP) is 10.3. The van der Waals surface area contributed by atoms with Crippen molar-refractivity contribution in [2.45, 2.75) is 239 Å². The van der Waals surface area contributed by atoms with Crippen LogP contribution in [-0.4, -0.2) is 89.0 Å². The molecule has 54 heavy (non-hydrogen) atoms. The first-order chi connectivity index (χ1) is 25.5. The van der Waals surface area contributed by atoms with Crippen LogP contribution < -0.4 is 21.7 Å². The number of carboxylic acids is 1. The number of quaternary nitrogens is 2. The first-order valence-corrected chi connectivity index (χ1v) is 23.5. The molecule has 0 heterocycles. The van der Waals surface area contributed by atoms with Gasteiger partial charge in [-0.05, 0) is 45.1 Å². The second-order valence-electron chi connectivity index (χ2n) is 18.5. The van der Waals surface area contributed by atoms with Gasteiger partial charge in [0, 0.05) is 6.04 Å². The molecule has 0 amide bonds. The third-order valence-corrected chi connectivity index (χ3v) is 9.64. The van der Waals surface area contributed by atoms with Gasteiger partial charge in [0.2, 0.25) is 0 Å². The summed E-state index contributed by atoms with van der Waals surface area (Å²) in [5, 5.41) is 19.6. The molecule has 0 aromatic rings. The summed E-state index contributed by atoms with van der Waals surface area (Å²) in [6, 6.07) is -0.827. The van der Waals surface area contributed by atoms with Crippen LogP contribution in [0.1, 0.15) is 227 Å². The Balaban J connectivity index is -0.000000346. The largest absolute Gasteiger partial charge is 0.852 e. The number of carbonyl (C=O) groups is 1. The maximum Gasteiger partial charge on any atom is 0.0780 e. The summed E-state index contributed by atoms with van der Waals surface area (Å²) in [5.41, 5.74) is 10.3. The standard InChI is InChI=1S/2C19H42N.C6H14N2O2.C3H7O/c2*1-5-6-7-8-9-10-11-12-13-14-15-16-17-18-19-20(2,3)4;7-4-2-1-3-5(8)6(9)10;1-3(2)4/h2*5-19H2,1-4H3;5H,1-4,7-8H2,(H,9,10);3H,1-2H3/q2*+1;;-1/p-1/t;;5-;/m..0./s1. The molecule has 7 nitrogen and oxygen atoms in total. The minimum absolute atomic E-state index is 0.417. The van der Waals surface area contributed by atoms with Gasteiger partial charge >= 0.3 is 0 Å². The van der Waals surface area contributed by atoms with Gasteiger partial charge in [-0.2, -0.15) is 0 Å². The molecule has 0 aliphatic rings. The zero-order chi connectivity index (χ0) is 41.8. The molecular weight excluding hydrogens is 669 g/mol. The molecule has 0 saturated carbocycles. The van der Waals surface area contributed by atoms with Gasteiger partial charge in [0.05, 0.1) is 61.3 Å². The van der Waals surface area contributed by atoms with E-state index in [2.05, 4.69) is 56.1 Å². The number of hydrogen-bond acceptors (Lipinski definition) is 5. The highest BCUT2D eigenvalue weighted by atomic mass is 16.4. The summed E-state index contributed by atoms with van der Waals surface area (Å²) >= 11 is 0. The molecule has 0 aliphatic heterocycles. The van der Waals surface area contributed by atoms with Gasteiger partial charge in [0.15, 0.2) is 0 Å². The molecule has 4 N–H and O–H groups in total.